The third kappa shape index (κ3) is 2.87. The van der Waals surface area contributed by atoms with Gasteiger partial charge >= 0.3 is 0 Å². The van der Waals surface area contributed by atoms with Crippen LogP contribution in [0, 0.1) is 0 Å². The molecule has 1 aromatic carbocycles. The van der Waals surface area contributed by atoms with E-state index in [-0.39, 0.29) is 5.91 Å². The van der Waals surface area contributed by atoms with Crippen molar-refractivity contribution < 1.29 is 9.53 Å². The summed E-state index contributed by atoms with van der Waals surface area (Å²) in [5, 5.41) is 7.06. The van der Waals surface area contributed by atoms with E-state index in [9.17, 15) is 4.79 Å². The number of ether oxygens (including phenoxy) is 1. The van der Waals surface area contributed by atoms with E-state index in [2.05, 4.69) is 16.9 Å². The molecule has 1 aliphatic carbocycles. The fourth-order valence-electron chi connectivity index (χ4n) is 2.84. The maximum atomic E-state index is 12.3. The molecule has 108 valence electrons. The van der Waals surface area contributed by atoms with Crippen LogP contribution < -0.4 is 15.4 Å². The second-order valence-corrected chi connectivity index (χ2v) is 6.50. The molecule has 1 amide bonds. The van der Waals surface area contributed by atoms with Crippen LogP contribution in [0.1, 0.15) is 19.3 Å². The molecule has 3 rings (SSSR count). The van der Waals surface area contributed by atoms with E-state index >= 15 is 0 Å². The molecule has 0 saturated heterocycles. The number of hydrogen-bond donors (Lipinski definition) is 2. The predicted octanol–water partition coefficient (Wildman–Crippen LogP) is 2.26. The first-order chi connectivity index (χ1) is 9.76. The molecule has 3 atom stereocenters. The zero-order chi connectivity index (χ0) is 13.9. The number of carbonyl (C=O) groups is 1. The Bertz CT molecular complexity index is 495. The Morgan fingerprint density at radius 3 is 3.05 bits per heavy atom. The van der Waals surface area contributed by atoms with Gasteiger partial charge in [0.2, 0.25) is 0 Å². The number of anilines is 1. The Hall–Kier alpha value is -1.36. The van der Waals surface area contributed by atoms with E-state index in [1.807, 2.05) is 36.0 Å². The largest absolute Gasteiger partial charge is 0.477 e. The number of thioether (sulfide) groups is 1. The molecule has 0 bridgehead atoms. The van der Waals surface area contributed by atoms with E-state index in [0.717, 1.165) is 24.3 Å². The van der Waals surface area contributed by atoms with E-state index in [1.165, 1.54) is 6.42 Å². The molecule has 1 saturated carbocycles. The van der Waals surface area contributed by atoms with Gasteiger partial charge in [0.05, 0.1) is 12.2 Å². The number of fused-ring (bicyclic) bond motifs is 1. The summed E-state index contributed by atoms with van der Waals surface area (Å²) in [7, 11) is 0. The van der Waals surface area contributed by atoms with Gasteiger partial charge in [0, 0.05) is 11.3 Å². The summed E-state index contributed by atoms with van der Waals surface area (Å²) in [5.74, 6) is 0.756. The molecule has 4 nitrogen and oxygen atoms in total. The Morgan fingerprint density at radius 2 is 2.25 bits per heavy atom. The van der Waals surface area contributed by atoms with Crippen LogP contribution in [-0.4, -0.2) is 36.1 Å². The van der Waals surface area contributed by atoms with Gasteiger partial charge in [-0.1, -0.05) is 12.1 Å². The second-order valence-electron chi connectivity index (χ2n) is 5.36. The first-order valence-electron chi connectivity index (χ1n) is 7.09. The highest BCUT2D eigenvalue weighted by Crippen LogP contribution is 2.30. The summed E-state index contributed by atoms with van der Waals surface area (Å²) in [6.07, 6.45) is 5.05. The van der Waals surface area contributed by atoms with Gasteiger partial charge in [-0.25, -0.2) is 0 Å². The summed E-state index contributed by atoms with van der Waals surface area (Å²) in [5.41, 5.74) is 0.958. The van der Waals surface area contributed by atoms with Gasteiger partial charge < -0.3 is 15.4 Å². The minimum Gasteiger partial charge on any atom is -0.477 e. The molecule has 0 spiro atoms. The smallest absolute Gasteiger partial charge is 0.263 e. The Morgan fingerprint density at radius 1 is 1.40 bits per heavy atom. The van der Waals surface area contributed by atoms with Crippen LogP contribution in [0.25, 0.3) is 0 Å². The molecule has 1 aromatic rings. The minimum absolute atomic E-state index is 0.00115. The summed E-state index contributed by atoms with van der Waals surface area (Å²) in [6.45, 7) is 0.529. The van der Waals surface area contributed by atoms with E-state index in [4.69, 9.17) is 4.74 Å². The van der Waals surface area contributed by atoms with Crippen molar-refractivity contribution in [1.82, 2.24) is 5.32 Å². The molecule has 1 fully saturated rings. The summed E-state index contributed by atoms with van der Waals surface area (Å²) < 4.78 is 5.78. The molecule has 3 unspecified atom stereocenters. The highest BCUT2D eigenvalue weighted by Gasteiger charge is 2.30. The quantitative estimate of drug-likeness (QED) is 0.897. The predicted molar refractivity (Wildman–Crippen MR) is 82.4 cm³/mol. The molecular formula is C15H20N2O2S. The maximum absolute atomic E-state index is 12.3. The van der Waals surface area contributed by atoms with Crippen molar-refractivity contribution in [2.45, 2.75) is 36.7 Å². The first kappa shape index (κ1) is 13.6. The number of carbonyl (C=O) groups excluding carboxylic acids is 1. The molecule has 2 N–H and O–H groups in total. The van der Waals surface area contributed by atoms with Crippen molar-refractivity contribution in [3.8, 4) is 5.75 Å². The fourth-order valence-corrected chi connectivity index (χ4v) is 3.64. The Balaban J connectivity index is 1.57. The zero-order valence-electron chi connectivity index (χ0n) is 11.6. The number of rotatable bonds is 3. The number of nitrogens with one attached hydrogen (secondary N) is 2. The van der Waals surface area contributed by atoms with Gasteiger partial charge in [-0.2, -0.15) is 11.8 Å². The highest BCUT2D eigenvalue weighted by atomic mass is 32.2. The molecule has 20 heavy (non-hydrogen) atoms. The van der Waals surface area contributed by atoms with Crippen molar-refractivity contribution in [3.05, 3.63) is 24.3 Å². The van der Waals surface area contributed by atoms with Crippen molar-refractivity contribution in [3.63, 3.8) is 0 Å². The molecule has 2 aliphatic rings. The number of para-hydroxylation sites is 2. The monoisotopic (exact) mass is 292 g/mol. The SMILES string of the molecule is CSC1CCC(NC(=O)C2CNc3ccccc3O2)C1. The van der Waals surface area contributed by atoms with Crippen molar-refractivity contribution >= 4 is 23.4 Å². The van der Waals surface area contributed by atoms with Gasteiger partial charge in [0.15, 0.2) is 6.10 Å². The van der Waals surface area contributed by atoms with Crippen LogP contribution in [0.5, 0.6) is 5.75 Å². The average molecular weight is 292 g/mol. The normalized spacial score (nSPS) is 28.1. The van der Waals surface area contributed by atoms with E-state index in [0.29, 0.717) is 17.8 Å². The van der Waals surface area contributed by atoms with E-state index < -0.39 is 6.10 Å². The number of benzene rings is 1. The van der Waals surface area contributed by atoms with Crippen LogP contribution in [-0.2, 0) is 4.79 Å². The lowest BCUT2D eigenvalue weighted by atomic mass is 10.2. The second kappa shape index (κ2) is 5.95. The zero-order valence-corrected chi connectivity index (χ0v) is 12.4. The van der Waals surface area contributed by atoms with Gasteiger partial charge in [-0.3, -0.25) is 4.79 Å². The minimum atomic E-state index is -0.432. The fraction of sp³-hybridized carbons (Fsp3) is 0.533. The molecule has 1 aliphatic heterocycles. The summed E-state index contributed by atoms with van der Waals surface area (Å²) in [4.78, 5) is 12.3. The average Bonchev–Trinajstić information content (AvgIpc) is 2.94. The maximum Gasteiger partial charge on any atom is 0.263 e. The van der Waals surface area contributed by atoms with Gasteiger partial charge in [0.25, 0.3) is 5.91 Å². The van der Waals surface area contributed by atoms with Crippen LogP contribution in [0.3, 0.4) is 0 Å². The van der Waals surface area contributed by atoms with Gasteiger partial charge in [0.1, 0.15) is 5.75 Å². The van der Waals surface area contributed by atoms with Gasteiger partial charge in [-0.15, -0.1) is 0 Å². The standard InChI is InChI=1S/C15H20N2O2S/c1-20-11-7-6-10(8-11)17-15(18)14-9-16-12-4-2-3-5-13(12)19-14/h2-5,10-11,14,16H,6-9H2,1H3,(H,17,18). The van der Waals surface area contributed by atoms with Crippen molar-refractivity contribution in [2.24, 2.45) is 0 Å². The van der Waals surface area contributed by atoms with Crippen LogP contribution in [0.2, 0.25) is 0 Å². The molecule has 0 aromatic heterocycles. The topological polar surface area (TPSA) is 50.4 Å². The molecule has 5 heteroatoms. The van der Waals surface area contributed by atoms with Crippen LogP contribution in [0.15, 0.2) is 24.3 Å². The first-order valence-corrected chi connectivity index (χ1v) is 8.38. The Kier molecular flexibility index (Phi) is 4.05. The van der Waals surface area contributed by atoms with Gasteiger partial charge in [-0.05, 0) is 37.7 Å². The van der Waals surface area contributed by atoms with Crippen molar-refractivity contribution in [1.29, 1.82) is 0 Å². The van der Waals surface area contributed by atoms with E-state index in [1.54, 1.807) is 0 Å². The summed E-state index contributed by atoms with van der Waals surface area (Å²) in [6, 6.07) is 8.03. The Labute approximate surface area is 123 Å². The molecule has 1 heterocycles. The highest BCUT2D eigenvalue weighted by molar-refractivity contribution is 7.99. The third-order valence-electron chi connectivity index (χ3n) is 3.99. The number of amides is 1. The lowest BCUT2D eigenvalue weighted by Gasteiger charge is -2.27. The van der Waals surface area contributed by atoms with Crippen LogP contribution in [0.4, 0.5) is 5.69 Å². The molecule has 0 radical (unpaired) electrons. The molecular weight excluding hydrogens is 272 g/mol. The lowest BCUT2D eigenvalue weighted by Crippen LogP contribution is -2.47. The van der Waals surface area contributed by atoms with Crippen molar-refractivity contribution in [2.75, 3.05) is 18.1 Å². The van der Waals surface area contributed by atoms with Crippen LogP contribution >= 0.6 is 11.8 Å². The lowest BCUT2D eigenvalue weighted by molar-refractivity contribution is -0.128. The summed E-state index contributed by atoms with van der Waals surface area (Å²) >= 11 is 1.89. The number of hydrogen-bond acceptors (Lipinski definition) is 4. The third-order valence-corrected chi connectivity index (χ3v) is 5.09.